The van der Waals surface area contributed by atoms with Crippen molar-refractivity contribution in [3.8, 4) is 0 Å². The summed E-state index contributed by atoms with van der Waals surface area (Å²) in [5.74, 6) is -0.191. The maximum Gasteiger partial charge on any atom is 0.433 e. The van der Waals surface area contributed by atoms with E-state index in [1.807, 2.05) is 0 Å². The summed E-state index contributed by atoms with van der Waals surface area (Å²) in [6.45, 7) is 1.52. The predicted molar refractivity (Wildman–Crippen MR) is 94.0 cm³/mol. The minimum absolute atomic E-state index is 0.0425. The van der Waals surface area contributed by atoms with Gasteiger partial charge in [-0.15, -0.1) is 0 Å². The summed E-state index contributed by atoms with van der Waals surface area (Å²) >= 11 is 0. The third-order valence-electron chi connectivity index (χ3n) is 4.47. The van der Waals surface area contributed by atoms with Crippen molar-refractivity contribution in [3.63, 3.8) is 0 Å². The standard InChI is InChI=1S/C17H18F3N5O2/c1-10-12(7-4-8-13(10)25(26)27)22-15-9-14(17(18,19)20)23-16(24-15)21-11-5-2-3-6-11/h4,7-9,11H,2-3,5-6H2,1H3,(H2,21,22,23,24). The molecule has 0 radical (unpaired) electrons. The van der Waals surface area contributed by atoms with Crippen LogP contribution in [0.3, 0.4) is 0 Å². The van der Waals surface area contributed by atoms with Gasteiger partial charge in [-0.1, -0.05) is 18.9 Å². The van der Waals surface area contributed by atoms with Crippen LogP contribution in [0.2, 0.25) is 0 Å². The molecule has 0 unspecified atom stereocenters. The van der Waals surface area contributed by atoms with E-state index in [2.05, 4.69) is 20.6 Å². The van der Waals surface area contributed by atoms with Gasteiger partial charge in [0.25, 0.3) is 5.69 Å². The molecule has 1 fully saturated rings. The lowest BCUT2D eigenvalue weighted by Gasteiger charge is -2.16. The summed E-state index contributed by atoms with van der Waals surface area (Å²) in [4.78, 5) is 18.2. The van der Waals surface area contributed by atoms with E-state index in [1.165, 1.54) is 19.1 Å². The Labute approximate surface area is 153 Å². The first-order valence-electron chi connectivity index (χ1n) is 8.48. The molecule has 1 aromatic heterocycles. The number of halogens is 3. The molecule has 3 rings (SSSR count). The molecule has 0 amide bonds. The fourth-order valence-corrected chi connectivity index (χ4v) is 3.07. The molecule has 27 heavy (non-hydrogen) atoms. The number of rotatable bonds is 5. The number of nitro groups is 1. The van der Waals surface area contributed by atoms with Gasteiger partial charge in [0.15, 0.2) is 5.69 Å². The first kappa shape index (κ1) is 18.9. The summed E-state index contributed by atoms with van der Waals surface area (Å²) in [5.41, 5.74) is -0.596. The zero-order valence-corrected chi connectivity index (χ0v) is 14.5. The minimum atomic E-state index is -4.64. The number of benzene rings is 1. The summed E-state index contributed by atoms with van der Waals surface area (Å²) in [5, 5.41) is 16.8. The van der Waals surface area contributed by atoms with E-state index >= 15 is 0 Å². The van der Waals surface area contributed by atoms with E-state index in [0.717, 1.165) is 31.7 Å². The molecule has 0 bridgehead atoms. The summed E-state index contributed by atoms with van der Waals surface area (Å²) < 4.78 is 39.6. The van der Waals surface area contributed by atoms with E-state index < -0.39 is 16.8 Å². The second-order valence-corrected chi connectivity index (χ2v) is 6.42. The average molecular weight is 381 g/mol. The quantitative estimate of drug-likeness (QED) is 0.570. The number of nitrogens with one attached hydrogen (secondary N) is 2. The van der Waals surface area contributed by atoms with Crippen LogP contribution in [0.5, 0.6) is 0 Å². The van der Waals surface area contributed by atoms with Crippen molar-refractivity contribution in [3.05, 3.63) is 45.6 Å². The predicted octanol–water partition coefficient (Wildman–Crippen LogP) is 4.81. The van der Waals surface area contributed by atoms with Crippen molar-refractivity contribution >= 4 is 23.1 Å². The van der Waals surface area contributed by atoms with Gasteiger partial charge >= 0.3 is 6.18 Å². The highest BCUT2D eigenvalue weighted by molar-refractivity contribution is 5.66. The Morgan fingerprint density at radius 1 is 1.22 bits per heavy atom. The molecule has 0 spiro atoms. The lowest BCUT2D eigenvalue weighted by atomic mass is 10.1. The fraction of sp³-hybridized carbons (Fsp3) is 0.412. The molecule has 1 aliphatic carbocycles. The molecule has 7 nitrogen and oxygen atoms in total. The Bertz CT molecular complexity index is 851. The third kappa shape index (κ3) is 4.44. The van der Waals surface area contributed by atoms with Crippen LogP contribution in [0.1, 0.15) is 36.9 Å². The lowest BCUT2D eigenvalue weighted by molar-refractivity contribution is -0.385. The van der Waals surface area contributed by atoms with Gasteiger partial charge in [-0.2, -0.15) is 18.2 Å². The van der Waals surface area contributed by atoms with Crippen LogP contribution in [0, 0.1) is 17.0 Å². The molecule has 1 heterocycles. The third-order valence-corrected chi connectivity index (χ3v) is 4.47. The molecule has 144 valence electrons. The van der Waals surface area contributed by atoms with Crippen molar-refractivity contribution < 1.29 is 18.1 Å². The molecule has 0 saturated heterocycles. The van der Waals surface area contributed by atoms with Crippen LogP contribution in [0.4, 0.5) is 36.3 Å². The fourth-order valence-electron chi connectivity index (χ4n) is 3.07. The number of aromatic nitrogens is 2. The van der Waals surface area contributed by atoms with Gasteiger partial charge in [0.1, 0.15) is 5.82 Å². The van der Waals surface area contributed by atoms with E-state index in [-0.39, 0.29) is 23.5 Å². The Kier molecular flexibility index (Phi) is 5.15. The van der Waals surface area contributed by atoms with Crippen LogP contribution >= 0.6 is 0 Å². The maximum absolute atomic E-state index is 13.2. The first-order chi connectivity index (χ1) is 12.7. The highest BCUT2D eigenvalue weighted by Crippen LogP contribution is 2.32. The molecule has 1 aromatic carbocycles. The smallest absolute Gasteiger partial charge is 0.351 e. The molecule has 1 aliphatic rings. The van der Waals surface area contributed by atoms with Gasteiger partial charge in [0.05, 0.1) is 10.5 Å². The number of nitro benzene ring substituents is 1. The van der Waals surface area contributed by atoms with Gasteiger partial charge in [-0.25, -0.2) is 4.98 Å². The van der Waals surface area contributed by atoms with Gasteiger partial charge in [0, 0.05) is 23.9 Å². The molecular formula is C17H18F3N5O2. The van der Waals surface area contributed by atoms with Crippen LogP contribution in [-0.4, -0.2) is 20.9 Å². The molecule has 0 atom stereocenters. The van der Waals surface area contributed by atoms with Crippen LogP contribution < -0.4 is 10.6 Å². The summed E-state index contributed by atoms with van der Waals surface area (Å²) in [6, 6.07) is 5.16. The second kappa shape index (κ2) is 7.37. The largest absolute Gasteiger partial charge is 0.433 e. The van der Waals surface area contributed by atoms with Crippen LogP contribution in [0.15, 0.2) is 24.3 Å². The van der Waals surface area contributed by atoms with Crippen molar-refractivity contribution in [2.75, 3.05) is 10.6 Å². The molecular weight excluding hydrogens is 363 g/mol. The van der Waals surface area contributed by atoms with E-state index in [4.69, 9.17) is 0 Å². The van der Waals surface area contributed by atoms with Crippen molar-refractivity contribution in [2.24, 2.45) is 0 Å². The van der Waals surface area contributed by atoms with Gasteiger partial charge in [-0.05, 0) is 25.8 Å². The topological polar surface area (TPSA) is 93.0 Å². The SMILES string of the molecule is Cc1c(Nc2cc(C(F)(F)F)nc(NC3CCCC3)n2)cccc1[N+](=O)[O-]. The number of alkyl halides is 3. The van der Waals surface area contributed by atoms with E-state index in [0.29, 0.717) is 11.3 Å². The number of hydrogen-bond acceptors (Lipinski definition) is 6. The zero-order valence-electron chi connectivity index (χ0n) is 14.5. The highest BCUT2D eigenvalue weighted by atomic mass is 19.4. The van der Waals surface area contributed by atoms with Crippen LogP contribution in [-0.2, 0) is 6.18 Å². The van der Waals surface area contributed by atoms with Gasteiger partial charge in [-0.3, -0.25) is 10.1 Å². The monoisotopic (exact) mass is 381 g/mol. The molecule has 10 heteroatoms. The number of anilines is 3. The first-order valence-corrected chi connectivity index (χ1v) is 8.48. The molecule has 2 aromatic rings. The van der Waals surface area contributed by atoms with Gasteiger partial charge in [0.2, 0.25) is 5.95 Å². The Balaban J connectivity index is 1.94. The summed E-state index contributed by atoms with van der Waals surface area (Å²) in [6.07, 6.45) is -0.912. The Hall–Kier alpha value is -2.91. The van der Waals surface area contributed by atoms with Crippen LogP contribution in [0.25, 0.3) is 0 Å². The maximum atomic E-state index is 13.2. The lowest BCUT2D eigenvalue weighted by Crippen LogP contribution is -2.19. The molecule has 2 N–H and O–H groups in total. The molecule has 1 saturated carbocycles. The number of nitrogens with zero attached hydrogens (tertiary/aromatic N) is 3. The minimum Gasteiger partial charge on any atom is -0.351 e. The summed E-state index contributed by atoms with van der Waals surface area (Å²) in [7, 11) is 0. The van der Waals surface area contributed by atoms with Crippen molar-refractivity contribution in [1.29, 1.82) is 0 Å². The Morgan fingerprint density at radius 3 is 2.56 bits per heavy atom. The zero-order chi connectivity index (χ0) is 19.6. The highest BCUT2D eigenvalue weighted by Gasteiger charge is 2.34. The van der Waals surface area contributed by atoms with Crippen molar-refractivity contribution in [1.82, 2.24) is 9.97 Å². The van der Waals surface area contributed by atoms with E-state index in [1.54, 1.807) is 6.07 Å². The number of hydrogen-bond donors (Lipinski definition) is 2. The van der Waals surface area contributed by atoms with Gasteiger partial charge < -0.3 is 10.6 Å². The van der Waals surface area contributed by atoms with E-state index in [9.17, 15) is 23.3 Å². The second-order valence-electron chi connectivity index (χ2n) is 6.42. The average Bonchev–Trinajstić information content (AvgIpc) is 3.08. The van der Waals surface area contributed by atoms with Crippen molar-refractivity contribution in [2.45, 2.75) is 44.8 Å². The Morgan fingerprint density at radius 2 is 1.93 bits per heavy atom. The molecule has 0 aliphatic heterocycles. The normalized spacial score (nSPS) is 15.0.